The maximum absolute atomic E-state index is 10.4. The minimum Gasteiger partial charge on any atom is -0.545 e. The molecule has 194 valence electrons. The summed E-state index contributed by atoms with van der Waals surface area (Å²) in [4.78, 5) is 32.7. The molecule has 0 spiro atoms. The maximum Gasteiger partial charge on any atom is 0.0726 e. The average Bonchev–Trinajstić information content (AvgIpc) is 2.84. The van der Waals surface area contributed by atoms with Gasteiger partial charge in [-0.25, -0.2) is 0 Å². The van der Waals surface area contributed by atoms with Crippen LogP contribution in [0.15, 0.2) is 69.3 Å². The number of aryl methyl sites for hydroxylation is 3. The molecule has 0 atom stereocenters. The van der Waals surface area contributed by atoms with Crippen molar-refractivity contribution < 1.29 is 29.7 Å². The molecule has 0 aromatic heterocycles. The van der Waals surface area contributed by atoms with Gasteiger partial charge >= 0.3 is 40.3 Å². The van der Waals surface area contributed by atoms with Gasteiger partial charge in [-0.15, -0.1) is 37.9 Å². The summed E-state index contributed by atoms with van der Waals surface area (Å²) in [6.07, 6.45) is 1.36. The minimum atomic E-state index is -1.18. The van der Waals surface area contributed by atoms with Gasteiger partial charge in [-0.3, -0.25) is 0 Å². The molecule has 3 aromatic rings. The molecule has 0 saturated heterocycles. The van der Waals surface area contributed by atoms with Crippen molar-refractivity contribution in [3.8, 4) is 0 Å². The van der Waals surface area contributed by atoms with Gasteiger partial charge in [0.25, 0.3) is 0 Å². The summed E-state index contributed by atoms with van der Waals surface area (Å²) in [5.74, 6) is -3.55. The molecular formula is C27H28O6S3Sn. The molecule has 0 aliphatic heterocycles. The van der Waals surface area contributed by atoms with E-state index in [0.29, 0.717) is 14.7 Å². The molecule has 3 rings (SSSR count). The summed E-state index contributed by atoms with van der Waals surface area (Å²) in [6.45, 7) is 7.60. The Morgan fingerprint density at radius 1 is 0.622 bits per heavy atom. The van der Waals surface area contributed by atoms with Crippen molar-refractivity contribution in [3.63, 3.8) is 0 Å². The summed E-state index contributed by atoms with van der Waals surface area (Å²) in [7, 11) is 0. The first-order valence-corrected chi connectivity index (χ1v) is 14.3. The molecule has 0 fully saturated rings. The molecular weight excluding hydrogens is 635 g/mol. The number of carboxylic acid groups (broad SMARTS) is 3. The van der Waals surface area contributed by atoms with Crippen LogP contribution in [-0.4, -0.2) is 40.4 Å². The maximum atomic E-state index is 10.4. The van der Waals surface area contributed by atoms with Crippen LogP contribution < -0.4 is 15.3 Å². The molecule has 6 nitrogen and oxygen atoms in total. The fraction of sp³-hybridized carbons (Fsp3) is 0.222. The number of benzene rings is 3. The Hall–Kier alpha value is -2.08. The monoisotopic (exact) mass is 664 g/mol. The zero-order chi connectivity index (χ0) is 28.7. The Morgan fingerprint density at radius 3 is 0.973 bits per heavy atom. The van der Waals surface area contributed by atoms with E-state index in [0.717, 1.165) is 16.7 Å². The molecule has 0 aliphatic carbocycles. The topological polar surface area (TPSA) is 120 Å². The summed E-state index contributed by atoms with van der Waals surface area (Å²) >= 11 is 13.8. The van der Waals surface area contributed by atoms with Crippen molar-refractivity contribution >= 4 is 78.3 Å². The summed E-state index contributed by atoms with van der Waals surface area (Å²) in [5, 5.41) is 31.2. The molecule has 0 bridgehead atoms. The third kappa shape index (κ3) is 12.3. The number of aromatic carboxylic acids is 3. The average molecular weight is 663 g/mol. The van der Waals surface area contributed by atoms with Crippen molar-refractivity contribution in [1.82, 2.24) is 0 Å². The Labute approximate surface area is 247 Å². The van der Waals surface area contributed by atoms with Gasteiger partial charge in [-0.2, -0.15) is 0 Å². The smallest absolute Gasteiger partial charge is 0.0726 e. The van der Waals surface area contributed by atoms with Crippen molar-refractivity contribution in [2.24, 2.45) is 0 Å². The van der Waals surface area contributed by atoms with E-state index in [1.165, 1.54) is 29.1 Å². The van der Waals surface area contributed by atoms with Crippen molar-refractivity contribution in [3.05, 3.63) is 88.0 Å². The van der Waals surface area contributed by atoms with Crippen molar-refractivity contribution in [2.75, 3.05) is 0 Å². The fourth-order valence-corrected chi connectivity index (χ4v) is 3.19. The second-order valence-corrected chi connectivity index (χ2v) is 10.3. The standard InChI is InChI=1S/3C8H8O2S.C3H7.Sn/c3*1-5-3-2-4-6(7(5)11)8(9)10;1-3-2;/h3*2-4,11H,1H3,(H,9,10);1,3H2,2H3;/q;;;;+3/p-3. The Morgan fingerprint density at radius 2 is 0.838 bits per heavy atom. The first-order chi connectivity index (χ1) is 17.3. The number of carboxylic acids is 3. The van der Waals surface area contributed by atoms with E-state index >= 15 is 0 Å². The summed E-state index contributed by atoms with van der Waals surface area (Å²) in [6, 6.07) is 14.8. The van der Waals surface area contributed by atoms with Gasteiger partial charge in [0, 0.05) is 31.4 Å². The molecule has 37 heavy (non-hydrogen) atoms. The predicted octanol–water partition coefficient (Wildman–Crippen LogP) is 2.92. The van der Waals surface area contributed by atoms with Crippen LogP contribution in [0, 0.1) is 20.8 Å². The Balaban J connectivity index is 0.000000490. The second-order valence-electron chi connectivity index (χ2n) is 7.53. The van der Waals surface area contributed by atoms with E-state index in [1.807, 2.05) is 0 Å². The number of carbonyl (C=O) groups excluding carboxylic acids is 3. The van der Waals surface area contributed by atoms with Gasteiger partial charge in [0.2, 0.25) is 0 Å². The van der Waals surface area contributed by atoms with Crippen LogP contribution in [0.25, 0.3) is 0 Å². The Bertz CT molecular complexity index is 1070. The predicted molar refractivity (Wildman–Crippen MR) is 149 cm³/mol. The van der Waals surface area contributed by atoms with E-state index in [2.05, 4.69) is 44.8 Å². The molecule has 0 aliphatic rings. The third-order valence-electron chi connectivity index (χ3n) is 4.62. The molecule has 0 heterocycles. The van der Waals surface area contributed by atoms with Crippen LogP contribution >= 0.6 is 37.9 Å². The largest absolute Gasteiger partial charge is 0.545 e. The molecule has 10 heteroatoms. The molecule has 0 radical (unpaired) electrons. The van der Waals surface area contributed by atoms with E-state index in [9.17, 15) is 29.7 Å². The number of carbonyl (C=O) groups is 3. The van der Waals surface area contributed by atoms with Gasteiger partial charge in [0.15, 0.2) is 0 Å². The summed E-state index contributed by atoms with van der Waals surface area (Å²) in [5.41, 5.74) is 2.97. The number of rotatable bonds is 4. The summed E-state index contributed by atoms with van der Waals surface area (Å²) < 4.78 is 1.41. The first kappa shape index (κ1) is 34.9. The molecule has 0 N–H and O–H groups in total. The van der Waals surface area contributed by atoms with Crippen molar-refractivity contribution in [2.45, 2.75) is 53.2 Å². The molecule has 0 amide bonds. The van der Waals surface area contributed by atoms with Gasteiger partial charge in [-0.1, -0.05) is 54.6 Å². The van der Waals surface area contributed by atoms with Crippen LogP contribution in [0.2, 0.25) is 4.44 Å². The van der Waals surface area contributed by atoms with Gasteiger partial charge in [-0.05, 0) is 37.5 Å². The van der Waals surface area contributed by atoms with Crippen LogP contribution in [0.5, 0.6) is 0 Å². The van der Waals surface area contributed by atoms with E-state index in [-0.39, 0.29) is 16.7 Å². The van der Waals surface area contributed by atoms with Crippen molar-refractivity contribution in [1.29, 1.82) is 0 Å². The van der Waals surface area contributed by atoms with Crippen LogP contribution in [-0.2, 0) is 0 Å². The van der Waals surface area contributed by atoms with E-state index in [4.69, 9.17) is 0 Å². The fourth-order valence-electron chi connectivity index (χ4n) is 2.47. The van der Waals surface area contributed by atoms with Crippen LogP contribution in [0.4, 0.5) is 0 Å². The van der Waals surface area contributed by atoms with Crippen LogP contribution in [0.1, 0.15) is 61.1 Å². The Kier molecular flexibility index (Phi) is 17.2. The van der Waals surface area contributed by atoms with Gasteiger partial charge < -0.3 is 29.7 Å². The third-order valence-corrected chi connectivity index (χ3v) is 7.83. The van der Waals surface area contributed by atoms with E-state index < -0.39 is 17.9 Å². The zero-order valence-corrected chi connectivity index (χ0v) is 26.4. The minimum absolute atomic E-state index is 0.147. The molecule has 0 unspecified atom stereocenters. The quantitative estimate of drug-likeness (QED) is 0.292. The van der Waals surface area contributed by atoms with Crippen LogP contribution in [0.3, 0.4) is 0 Å². The van der Waals surface area contributed by atoms with E-state index in [1.54, 1.807) is 79.7 Å². The number of hydrogen-bond acceptors (Lipinski definition) is 9. The SMILES string of the molecule is CC[CH2][Sn+3].Cc1cccc(C(=O)[O-])c1S.Cc1cccc(C(=O)[O-])c1S.Cc1cccc(C(=O)[O-])c1S. The molecule has 3 aromatic carbocycles. The van der Waals surface area contributed by atoms with Gasteiger partial charge in [0.1, 0.15) is 0 Å². The molecule has 0 saturated carbocycles. The first-order valence-electron chi connectivity index (χ1n) is 10.9. The zero-order valence-electron chi connectivity index (χ0n) is 20.9. The van der Waals surface area contributed by atoms with Gasteiger partial charge in [0.05, 0.1) is 17.9 Å². The second kappa shape index (κ2) is 18.2. The normalized spacial score (nSPS) is 9.43. The number of hydrogen-bond donors (Lipinski definition) is 3. The number of thiol groups is 3.